The first-order valence-corrected chi connectivity index (χ1v) is 7.35. The van der Waals surface area contributed by atoms with Gasteiger partial charge in [-0.1, -0.05) is 28.1 Å². The van der Waals surface area contributed by atoms with Crippen molar-refractivity contribution in [2.45, 2.75) is 6.42 Å². The van der Waals surface area contributed by atoms with Crippen molar-refractivity contribution in [3.05, 3.63) is 53.0 Å². The van der Waals surface area contributed by atoms with Gasteiger partial charge in [0.15, 0.2) is 0 Å². The van der Waals surface area contributed by atoms with Crippen molar-refractivity contribution in [1.82, 2.24) is 0 Å². The van der Waals surface area contributed by atoms with Crippen LogP contribution in [-0.4, -0.2) is 18.9 Å². The van der Waals surface area contributed by atoms with Crippen LogP contribution in [0.5, 0.6) is 5.75 Å². The van der Waals surface area contributed by atoms with E-state index in [1.807, 2.05) is 6.07 Å². The molecule has 0 aliphatic heterocycles. The standard InChI is InChI=1S/C16H15BrN2O3/c1-22-14-7-3-6-13(9-14)19-16(21)10-15(20)18-12-5-2-4-11(17)8-12/h2-9H,10H2,1H3,(H,18,20)(H,19,21). The molecule has 0 atom stereocenters. The van der Waals surface area contributed by atoms with Crippen LogP contribution in [0.2, 0.25) is 0 Å². The second-order valence-corrected chi connectivity index (χ2v) is 5.43. The molecule has 0 aliphatic rings. The first-order chi connectivity index (χ1) is 10.6. The molecule has 2 aromatic carbocycles. The molecule has 0 bridgehead atoms. The van der Waals surface area contributed by atoms with Crippen molar-refractivity contribution in [3.8, 4) is 5.75 Å². The van der Waals surface area contributed by atoms with Gasteiger partial charge in [-0.3, -0.25) is 9.59 Å². The molecule has 0 saturated heterocycles. The molecule has 0 unspecified atom stereocenters. The summed E-state index contributed by atoms with van der Waals surface area (Å²) in [4.78, 5) is 23.7. The molecule has 0 fully saturated rings. The molecule has 2 amide bonds. The first kappa shape index (κ1) is 16.0. The fourth-order valence-electron chi connectivity index (χ4n) is 1.82. The molecule has 0 aliphatic carbocycles. The minimum absolute atomic E-state index is 0.260. The Labute approximate surface area is 136 Å². The highest BCUT2D eigenvalue weighted by atomic mass is 79.9. The predicted octanol–water partition coefficient (Wildman–Crippen LogP) is 3.43. The fourth-order valence-corrected chi connectivity index (χ4v) is 2.22. The van der Waals surface area contributed by atoms with Gasteiger partial charge in [-0.05, 0) is 30.3 Å². The molecular weight excluding hydrogens is 348 g/mol. The van der Waals surface area contributed by atoms with Crippen molar-refractivity contribution in [3.63, 3.8) is 0 Å². The van der Waals surface area contributed by atoms with Gasteiger partial charge in [0.2, 0.25) is 11.8 Å². The van der Waals surface area contributed by atoms with Gasteiger partial charge in [0.25, 0.3) is 0 Å². The summed E-state index contributed by atoms with van der Waals surface area (Å²) in [6, 6.07) is 14.1. The summed E-state index contributed by atoms with van der Waals surface area (Å²) in [5.41, 5.74) is 1.22. The van der Waals surface area contributed by atoms with E-state index in [2.05, 4.69) is 26.6 Å². The number of hydrogen-bond acceptors (Lipinski definition) is 3. The summed E-state index contributed by atoms with van der Waals surface area (Å²) in [6.07, 6.45) is -0.260. The van der Waals surface area contributed by atoms with Crippen molar-refractivity contribution < 1.29 is 14.3 Å². The highest BCUT2D eigenvalue weighted by Gasteiger charge is 2.10. The van der Waals surface area contributed by atoms with E-state index >= 15 is 0 Å². The van der Waals surface area contributed by atoms with E-state index < -0.39 is 0 Å². The Morgan fingerprint density at radius 2 is 1.59 bits per heavy atom. The van der Waals surface area contributed by atoms with Crippen LogP contribution in [0.25, 0.3) is 0 Å². The Bertz CT molecular complexity index is 689. The zero-order valence-electron chi connectivity index (χ0n) is 11.9. The lowest BCUT2D eigenvalue weighted by atomic mass is 10.2. The number of nitrogens with one attached hydrogen (secondary N) is 2. The zero-order chi connectivity index (χ0) is 15.9. The first-order valence-electron chi connectivity index (χ1n) is 6.56. The summed E-state index contributed by atoms with van der Waals surface area (Å²) in [5.74, 6) is -0.129. The van der Waals surface area contributed by atoms with E-state index in [1.54, 1.807) is 49.6 Å². The summed E-state index contributed by atoms with van der Waals surface area (Å²) in [6.45, 7) is 0. The zero-order valence-corrected chi connectivity index (χ0v) is 13.5. The third kappa shape index (κ3) is 4.89. The lowest BCUT2D eigenvalue weighted by Crippen LogP contribution is -2.21. The van der Waals surface area contributed by atoms with Crippen molar-refractivity contribution >= 4 is 39.1 Å². The lowest BCUT2D eigenvalue weighted by Gasteiger charge is -2.08. The molecule has 0 spiro atoms. The van der Waals surface area contributed by atoms with Crippen LogP contribution in [0.4, 0.5) is 11.4 Å². The largest absolute Gasteiger partial charge is 0.497 e. The van der Waals surface area contributed by atoms with Crippen molar-refractivity contribution in [2.75, 3.05) is 17.7 Å². The molecular formula is C16H15BrN2O3. The number of hydrogen-bond donors (Lipinski definition) is 2. The summed E-state index contributed by atoms with van der Waals surface area (Å²) < 4.78 is 5.93. The maximum atomic E-state index is 11.9. The van der Waals surface area contributed by atoms with Crippen LogP contribution >= 0.6 is 15.9 Å². The summed E-state index contributed by atoms with van der Waals surface area (Å²) in [7, 11) is 1.55. The third-order valence-corrected chi connectivity index (χ3v) is 3.28. The van der Waals surface area contributed by atoms with E-state index in [0.29, 0.717) is 17.1 Å². The van der Waals surface area contributed by atoms with Crippen LogP contribution < -0.4 is 15.4 Å². The second kappa shape index (κ2) is 7.61. The Kier molecular flexibility index (Phi) is 5.55. The van der Waals surface area contributed by atoms with Gasteiger partial charge >= 0.3 is 0 Å². The average Bonchev–Trinajstić information content (AvgIpc) is 2.47. The molecule has 22 heavy (non-hydrogen) atoms. The van der Waals surface area contributed by atoms with Gasteiger partial charge in [-0.15, -0.1) is 0 Å². The third-order valence-electron chi connectivity index (χ3n) is 2.78. The van der Waals surface area contributed by atoms with E-state index in [-0.39, 0.29) is 18.2 Å². The Morgan fingerprint density at radius 3 is 2.18 bits per heavy atom. The quantitative estimate of drug-likeness (QED) is 0.800. The number of rotatable bonds is 5. The lowest BCUT2D eigenvalue weighted by molar-refractivity contribution is -0.123. The number of anilines is 2. The van der Waals surface area contributed by atoms with Crippen LogP contribution in [0.3, 0.4) is 0 Å². The smallest absolute Gasteiger partial charge is 0.233 e. The maximum Gasteiger partial charge on any atom is 0.233 e. The number of carbonyl (C=O) groups excluding carboxylic acids is 2. The number of methoxy groups -OCH3 is 1. The Hall–Kier alpha value is -2.34. The number of benzene rings is 2. The molecule has 0 saturated carbocycles. The molecule has 2 N–H and O–H groups in total. The van der Waals surface area contributed by atoms with E-state index in [4.69, 9.17) is 4.74 Å². The van der Waals surface area contributed by atoms with E-state index in [1.165, 1.54) is 0 Å². The number of ether oxygens (including phenoxy) is 1. The Morgan fingerprint density at radius 1 is 1.00 bits per heavy atom. The highest BCUT2D eigenvalue weighted by Crippen LogP contribution is 2.17. The number of amides is 2. The fraction of sp³-hybridized carbons (Fsp3) is 0.125. The maximum absolute atomic E-state index is 11.9. The number of halogens is 1. The van der Waals surface area contributed by atoms with Gasteiger partial charge in [-0.25, -0.2) is 0 Å². The molecule has 5 nitrogen and oxygen atoms in total. The molecule has 0 aromatic heterocycles. The monoisotopic (exact) mass is 362 g/mol. The van der Waals surface area contributed by atoms with Crippen LogP contribution in [-0.2, 0) is 9.59 Å². The highest BCUT2D eigenvalue weighted by molar-refractivity contribution is 9.10. The second-order valence-electron chi connectivity index (χ2n) is 4.52. The van der Waals surface area contributed by atoms with Gasteiger partial charge in [-0.2, -0.15) is 0 Å². The summed E-state index contributed by atoms with van der Waals surface area (Å²) in [5, 5.41) is 5.32. The minimum Gasteiger partial charge on any atom is -0.497 e. The Balaban J connectivity index is 1.89. The average molecular weight is 363 g/mol. The molecule has 2 rings (SSSR count). The topological polar surface area (TPSA) is 67.4 Å². The summed E-state index contributed by atoms with van der Waals surface area (Å²) >= 11 is 3.32. The normalized spacial score (nSPS) is 9.91. The number of carbonyl (C=O) groups is 2. The predicted molar refractivity (Wildman–Crippen MR) is 89.0 cm³/mol. The minimum atomic E-state index is -0.388. The molecule has 6 heteroatoms. The van der Waals surface area contributed by atoms with Gasteiger partial charge in [0, 0.05) is 21.9 Å². The van der Waals surface area contributed by atoms with Crippen molar-refractivity contribution in [1.29, 1.82) is 0 Å². The van der Waals surface area contributed by atoms with Crippen LogP contribution in [0.15, 0.2) is 53.0 Å². The molecule has 0 heterocycles. The van der Waals surface area contributed by atoms with Crippen LogP contribution in [0.1, 0.15) is 6.42 Å². The van der Waals surface area contributed by atoms with Crippen LogP contribution in [0, 0.1) is 0 Å². The molecule has 114 valence electrons. The van der Waals surface area contributed by atoms with Gasteiger partial charge in [0.1, 0.15) is 12.2 Å². The van der Waals surface area contributed by atoms with Crippen molar-refractivity contribution in [2.24, 2.45) is 0 Å². The van der Waals surface area contributed by atoms with Gasteiger partial charge in [0.05, 0.1) is 7.11 Å². The van der Waals surface area contributed by atoms with E-state index in [9.17, 15) is 9.59 Å². The molecule has 2 aromatic rings. The molecule has 0 radical (unpaired) electrons. The van der Waals surface area contributed by atoms with E-state index in [0.717, 1.165) is 4.47 Å². The van der Waals surface area contributed by atoms with Gasteiger partial charge < -0.3 is 15.4 Å². The SMILES string of the molecule is COc1cccc(NC(=O)CC(=O)Nc2cccc(Br)c2)c1.